The molecule has 2 aliphatic rings. The highest BCUT2D eigenvalue weighted by Gasteiger charge is 2.22. The third-order valence-corrected chi connectivity index (χ3v) is 4.05. The average Bonchev–Trinajstić information content (AvgIpc) is 3.23. The molecule has 1 fully saturated rings. The van der Waals surface area contributed by atoms with Crippen molar-refractivity contribution >= 4 is 29.6 Å². The van der Waals surface area contributed by atoms with Crippen molar-refractivity contribution in [3.8, 4) is 5.88 Å². The van der Waals surface area contributed by atoms with Crippen LogP contribution < -0.4 is 5.32 Å². The summed E-state index contributed by atoms with van der Waals surface area (Å²) in [5, 5.41) is 13.6. The van der Waals surface area contributed by atoms with Gasteiger partial charge in [-0.2, -0.15) is 0 Å². The molecule has 6 nitrogen and oxygen atoms in total. The molecule has 1 aliphatic heterocycles. The number of anilines is 1. The molecular weight excluding hydrogens is 278 g/mol. The highest BCUT2D eigenvalue weighted by Crippen LogP contribution is 2.33. The predicted molar refractivity (Wildman–Crippen MR) is 86.3 cm³/mol. The lowest BCUT2D eigenvalue weighted by Gasteiger charge is -2.03. The van der Waals surface area contributed by atoms with Crippen LogP contribution in [0, 0.1) is 5.92 Å². The van der Waals surface area contributed by atoms with Gasteiger partial charge in [-0.1, -0.05) is 0 Å². The van der Waals surface area contributed by atoms with Crippen molar-refractivity contribution in [3.05, 3.63) is 29.6 Å². The fourth-order valence-corrected chi connectivity index (χ4v) is 2.51. The second kappa shape index (κ2) is 4.98. The summed E-state index contributed by atoms with van der Waals surface area (Å²) in [6.07, 6.45) is 7.87. The first-order chi connectivity index (χ1) is 10.7. The largest absolute Gasteiger partial charge is 0.493 e. The summed E-state index contributed by atoms with van der Waals surface area (Å²) in [4.78, 5) is 13.0. The maximum absolute atomic E-state index is 10.3. The van der Waals surface area contributed by atoms with E-state index in [4.69, 9.17) is 0 Å². The van der Waals surface area contributed by atoms with Gasteiger partial charge in [-0.15, -0.1) is 0 Å². The molecule has 0 atom stereocenters. The van der Waals surface area contributed by atoms with E-state index in [0.717, 1.165) is 23.6 Å². The molecule has 22 heavy (non-hydrogen) atoms. The highest BCUT2D eigenvalue weighted by atomic mass is 16.3. The highest BCUT2D eigenvalue weighted by molar-refractivity contribution is 6.20. The third-order valence-electron chi connectivity index (χ3n) is 4.05. The van der Waals surface area contributed by atoms with E-state index >= 15 is 0 Å². The van der Waals surface area contributed by atoms with Crippen LogP contribution in [0.2, 0.25) is 0 Å². The summed E-state index contributed by atoms with van der Waals surface area (Å²) in [5.74, 6) is 2.30. The molecule has 0 radical (unpaired) electrons. The molecule has 1 saturated carbocycles. The van der Waals surface area contributed by atoms with Gasteiger partial charge in [-0.05, 0) is 37.0 Å². The van der Waals surface area contributed by atoms with Gasteiger partial charge < -0.3 is 10.4 Å². The Morgan fingerprint density at radius 3 is 3.14 bits per heavy atom. The standard InChI is InChI=1S/C16H17N5O/c1-21-15(22)13(20-16(21)19-8-10-4-5-10)7-11-9-18-14-12(11)3-2-6-17-14/h2-3,6-7,9-10,22H,4-5,8H2,1H3,(H,19,20)/b11-7+. The van der Waals surface area contributed by atoms with Crippen molar-refractivity contribution < 1.29 is 5.11 Å². The van der Waals surface area contributed by atoms with Crippen LogP contribution in [0.3, 0.4) is 0 Å². The molecule has 0 bridgehead atoms. The summed E-state index contributed by atoms with van der Waals surface area (Å²) in [7, 11) is 1.80. The number of hydrogen-bond donors (Lipinski definition) is 2. The van der Waals surface area contributed by atoms with Crippen molar-refractivity contribution in [1.82, 2.24) is 14.5 Å². The first-order valence-electron chi connectivity index (χ1n) is 7.43. The van der Waals surface area contributed by atoms with E-state index in [1.807, 2.05) is 18.2 Å². The first-order valence-corrected chi connectivity index (χ1v) is 7.43. The number of hydrogen-bond acceptors (Lipinski definition) is 5. The van der Waals surface area contributed by atoms with E-state index < -0.39 is 0 Å². The number of aromatic nitrogens is 3. The second-order valence-electron chi connectivity index (χ2n) is 5.76. The van der Waals surface area contributed by atoms with Crippen LogP contribution in [0.25, 0.3) is 11.6 Å². The quantitative estimate of drug-likeness (QED) is 0.909. The average molecular weight is 295 g/mol. The van der Waals surface area contributed by atoms with E-state index in [-0.39, 0.29) is 5.88 Å². The van der Waals surface area contributed by atoms with E-state index in [1.54, 1.807) is 24.0 Å². The molecule has 0 aromatic carbocycles. The molecule has 2 aromatic heterocycles. The smallest absolute Gasteiger partial charge is 0.220 e. The van der Waals surface area contributed by atoms with Gasteiger partial charge >= 0.3 is 0 Å². The van der Waals surface area contributed by atoms with Gasteiger partial charge in [0.1, 0.15) is 5.69 Å². The SMILES string of the molecule is Cn1c(NCC2CC2)nc(/C=C2\C=Nc3ncccc32)c1O. The molecule has 112 valence electrons. The minimum Gasteiger partial charge on any atom is -0.493 e. The van der Waals surface area contributed by atoms with Crippen molar-refractivity contribution in [3.63, 3.8) is 0 Å². The van der Waals surface area contributed by atoms with Crippen molar-refractivity contribution in [1.29, 1.82) is 0 Å². The van der Waals surface area contributed by atoms with E-state index in [9.17, 15) is 5.11 Å². The molecule has 0 unspecified atom stereocenters. The third kappa shape index (κ3) is 2.26. The van der Waals surface area contributed by atoms with Gasteiger partial charge in [0.25, 0.3) is 0 Å². The molecule has 2 aromatic rings. The minimum atomic E-state index is 0.150. The number of aliphatic imine (C=N–C) groups is 1. The summed E-state index contributed by atoms with van der Waals surface area (Å²) in [6, 6.07) is 3.84. The van der Waals surface area contributed by atoms with Crippen molar-refractivity contribution in [2.45, 2.75) is 12.8 Å². The molecule has 0 spiro atoms. The first kappa shape index (κ1) is 13.1. The Hall–Kier alpha value is -2.63. The number of imidazole rings is 1. The minimum absolute atomic E-state index is 0.150. The Balaban J connectivity index is 1.64. The van der Waals surface area contributed by atoms with Crippen LogP contribution in [0.1, 0.15) is 24.1 Å². The van der Waals surface area contributed by atoms with E-state index in [2.05, 4.69) is 20.3 Å². The molecule has 1 aliphatic carbocycles. The Bertz CT molecular complexity index is 786. The predicted octanol–water partition coefficient (Wildman–Crippen LogP) is 2.60. The molecule has 2 N–H and O–H groups in total. The monoisotopic (exact) mass is 295 g/mol. The summed E-state index contributed by atoms with van der Waals surface area (Å²) in [5.41, 5.74) is 2.41. The van der Waals surface area contributed by atoms with E-state index in [1.165, 1.54) is 12.8 Å². The zero-order chi connectivity index (χ0) is 15.1. The van der Waals surface area contributed by atoms with Crippen LogP contribution in [-0.4, -0.2) is 32.4 Å². The number of nitrogens with zero attached hydrogens (tertiary/aromatic N) is 4. The van der Waals surface area contributed by atoms with Gasteiger partial charge in [0, 0.05) is 37.1 Å². The van der Waals surface area contributed by atoms with Gasteiger partial charge in [0.05, 0.1) is 0 Å². The van der Waals surface area contributed by atoms with Gasteiger partial charge in [-0.25, -0.2) is 15.0 Å². The number of aromatic hydroxyl groups is 1. The van der Waals surface area contributed by atoms with Crippen LogP contribution >= 0.6 is 0 Å². The zero-order valence-corrected chi connectivity index (χ0v) is 12.3. The molecule has 0 amide bonds. The van der Waals surface area contributed by atoms with E-state index in [0.29, 0.717) is 17.5 Å². The molecule has 6 heteroatoms. The van der Waals surface area contributed by atoms with Gasteiger partial charge in [-0.3, -0.25) is 4.57 Å². The lowest BCUT2D eigenvalue weighted by Crippen LogP contribution is -2.07. The van der Waals surface area contributed by atoms with Gasteiger partial charge in [0.15, 0.2) is 5.82 Å². The van der Waals surface area contributed by atoms with Crippen LogP contribution in [0.4, 0.5) is 11.8 Å². The maximum atomic E-state index is 10.3. The Morgan fingerprint density at radius 1 is 1.45 bits per heavy atom. The summed E-state index contributed by atoms with van der Waals surface area (Å²) < 4.78 is 1.67. The number of fused-ring (bicyclic) bond motifs is 1. The van der Waals surface area contributed by atoms with Crippen LogP contribution in [-0.2, 0) is 7.05 Å². The lowest BCUT2D eigenvalue weighted by atomic mass is 10.1. The topological polar surface area (TPSA) is 75.3 Å². The zero-order valence-electron chi connectivity index (χ0n) is 12.3. The molecule has 0 saturated heterocycles. The molecule has 3 heterocycles. The van der Waals surface area contributed by atoms with Crippen molar-refractivity contribution in [2.75, 3.05) is 11.9 Å². The van der Waals surface area contributed by atoms with Crippen LogP contribution in [0.15, 0.2) is 23.3 Å². The molecule has 4 rings (SSSR count). The van der Waals surface area contributed by atoms with Crippen LogP contribution in [0.5, 0.6) is 5.88 Å². The Morgan fingerprint density at radius 2 is 2.32 bits per heavy atom. The number of nitrogens with one attached hydrogen (secondary N) is 1. The normalized spacial score (nSPS) is 18.0. The Labute approximate surface area is 128 Å². The fourth-order valence-electron chi connectivity index (χ4n) is 2.51. The molecular formula is C16H17N5O. The second-order valence-corrected chi connectivity index (χ2v) is 5.76. The number of allylic oxidation sites excluding steroid dienone is 1. The lowest BCUT2D eigenvalue weighted by molar-refractivity contribution is 0.432. The van der Waals surface area contributed by atoms with Gasteiger partial charge in [0.2, 0.25) is 11.8 Å². The number of pyridine rings is 1. The fraction of sp³-hybridized carbons (Fsp3) is 0.312. The number of rotatable bonds is 4. The summed E-state index contributed by atoms with van der Waals surface area (Å²) in [6.45, 7) is 0.911. The maximum Gasteiger partial charge on any atom is 0.220 e. The Kier molecular flexibility index (Phi) is 2.96. The summed E-state index contributed by atoms with van der Waals surface area (Å²) >= 11 is 0. The van der Waals surface area contributed by atoms with Crippen molar-refractivity contribution in [2.24, 2.45) is 18.0 Å².